The van der Waals surface area contributed by atoms with Crippen molar-refractivity contribution in [2.45, 2.75) is 32.2 Å². The van der Waals surface area contributed by atoms with Gasteiger partial charge in [-0.25, -0.2) is 9.78 Å². The highest BCUT2D eigenvalue weighted by Crippen LogP contribution is 2.32. The lowest BCUT2D eigenvalue weighted by molar-refractivity contribution is -0.145. The van der Waals surface area contributed by atoms with Crippen molar-refractivity contribution in [1.82, 2.24) is 4.98 Å². The van der Waals surface area contributed by atoms with E-state index in [1.54, 1.807) is 6.20 Å². The molecule has 2 aromatic rings. The summed E-state index contributed by atoms with van der Waals surface area (Å²) in [4.78, 5) is 18.9. The molecule has 1 saturated heterocycles. The van der Waals surface area contributed by atoms with E-state index in [2.05, 4.69) is 9.88 Å². The lowest BCUT2D eigenvalue weighted by Gasteiger charge is -2.35. The fraction of sp³-hybridized carbons (Fsp3) is 0.412. The largest absolute Gasteiger partial charge is 0.464 e. The minimum absolute atomic E-state index is 0.162. The molecule has 5 heteroatoms. The molecule has 1 aliphatic rings. The molecule has 0 spiro atoms. The second-order valence-electron chi connectivity index (χ2n) is 5.53. The molecule has 116 valence electrons. The first-order valence-electron chi connectivity index (χ1n) is 7.79. The van der Waals surface area contributed by atoms with Crippen LogP contribution in [0.2, 0.25) is 0 Å². The summed E-state index contributed by atoms with van der Waals surface area (Å²) >= 11 is 0. The number of aromatic nitrogens is 1. The van der Waals surface area contributed by atoms with Crippen LogP contribution in [-0.4, -0.2) is 30.1 Å². The molecular formula is C17H21N3O2. The fourth-order valence-corrected chi connectivity index (χ4v) is 3.11. The van der Waals surface area contributed by atoms with E-state index in [1.165, 1.54) is 0 Å². The Balaban J connectivity index is 2.04. The Morgan fingerprint density at radius 3 is 3.05 bits per heavy atom. The Hall–Kier alpha value is -2.30. The maximum Gasteiger partial charge on any atom is 0.328 e. The number of fused-ring (bicyclic) bond motifs is 1. The van der Waals surface area contributed by atoms with Crippen molar-refractivity contribution < 1.29 is 9.53 Å². The maximum atomic E-state index is 12.3. The van der Waals surface area contributed by atoms with E-state index in [4.69, 9.17) is 10.5 Å². The smallest absolute Gasteiger partial charge is 0.328 e. The van der Waals surface area contributed by atoms with Gasteiger partial charge in [0, 0.05) is 29.2 Å². The third-order valence-corrected chi connectivity index (χ3v) is 4.15. The van der Waals surface area contributed by atoms with Crippen LogP contribution < -0.4 is 10.6 Å². The zero-order valence-electron chi connectivity index (χ0n) is 12.8. The average Bonchev–Trinajstić information content (AvgIpc) is 2.55. The summed E-state index contributed by atoms with van der Waals surface area (Å²) in [5, 5.41) is 1.96. The van der Waals surface area contributed by atoms with Crippen molar-refractivity contribution in [2.75, 3.05) is 23.8 Å². The molecule has 5 nitrogen and oxygen atoms in total. The Kier molecular flexibility index (Phi) is 4.13. The van der Waals surface area contributed by atoms with E-state index >= 15 is 0 Å². The van der Waals surface area contributed by atoms with Crippen molar-refractivity contribution >= 4 is 28.2 Å². The number of hydrogen-bond donors (Lipinski definition) is 1. The van der Waals surface area contributed by atoms with Crippen LogP contribution in [0.1, 0.15) is 26.2 Å². The molecule has 1 aromatic carbocycles. The quantitative estimate of drug-likeness (QED) is 0.697. The van der Waals surface area contributed by atoms with Gasteiger partial charge >= 0.3 is 5.97 Å². The molecule has 2 N–H and O–H groups in total. The zero-order valence-corrected chi connectivity index (χ0v) is 12.8. The van der Waals surface area contributed by atoms with E-state index in [0.29, 0.717) is 6.61 Å². The van der Waals surface area contributed by atoms with Crippen LogP contribution in [0.4, 0.5) is 11.5 Å². The third-order valence-electron chi connectivity index (χ3n) is 4.15. The minimum atomic E-state index is -0.256. The summed E-state index contributed by atoms with van der Waals surface area (Å²) in [5.41, 5.74) is 6.79. The molecule has 0 amide bonds. The Morgan fingerprint density at radius 2 is 2.23 bits per heavy atom. The van der Waals surface area contributed by atoms with Gasteiger partial charge in [0.2, 0.25) is 0 Å². The van der Waals surface area contributed by atoms with Crippen LogP contribution >= 0.6 is 0 Å². The molecule has 1 unspecified atom stereocenters. The van der Waals surface area contributed by atoms with Crippen LogP contribution in [0.25, 0.3) is 10.8 Å². The van der Waals surface area contributed by atoms with Crippen LogP contribution in [0.5, 0.6) is 0 Å². The molecule has 2 heterocycles. The van der Waals surface area contributed by atoms with Crippen molar-refractivity contribution in [2.24, 2.45) is 0 Å². The molecule has 1 aliphatic heterocycles. The van der Waals surface area contributed by atoms with Gasteiger partial charge in [-0.2, -0.15) is 0 Å². The molecule has 0 bridgehead atoms. The molecular weight excluding hydrogens is 278 g/mol. The molecule has 3 rings (SSSR count). The summed E-state index contributed by atoms with van der Waals surface area (Å²) in [6.45, 7) is 3.05. The summed E-state index contributed by atoms with van der Waals surface area (Å²) in [6, 6.07) is 7.47. The van der Waals surface area contributed by atoms with E-state index in [0.717, 1.165) is 48.1 Å². The summed E-state index contributed by atoms with van der Waals surface area (Å²) in [6.07, 6.45) is 4.65. The van der Waals surface area contributed by atoms with Gasteiger partial charge in [0.05, 0.1) is 6.61 Å². The summed E-state index contributed by atoms with van der Waals surface area (Å²) in [5.74, 6) is 0.660. The number of benzene rings is 1. The van der Waals surface area contributed by atoms with Gasteiger partial charge in [-0.3, -0.25) is 0 Å². The monoisotopic (exact) mass is 299 g/mol. The number of hydrogen-bond acceptors (Lipinski definition) is 5. The van der Waals surface area contributed by atoms with Crippen LogP contribution in [0.15, 0.2) is 30.5 Å². The van der Waals surface area contributed by atoms with Crippen LogP contribution in [0, 0.1) is 0 Å². The first-order valence-corrected chi connectivity index (χ1v) is 7.79. The number of ether oxygens (including phenoxy) is 1. The highest BCUT2D eigenvalue weighted by Gasteiger charge is 2.31. The zero-order chi connectivity index (χ0) is 15.5. The third kappa shape index (κ3) is 2.58. The van der Waals surface area contributed by atoms with E-state index in [9.17, 15) is 4.79 Å². The number of anilines is 2. The molecule has 1 fully saturated rings. The first-order chi connectivity index (χ1) is 10.7. The highest BCUT2D eigenvalue weighted by atomic mass is 16.5. The van der Waals surface area contributed by atoms with Gasteiger partial charge in [-0.05, 0) is 38.3 Å². The number of carbonyl (C=O) groups is 1. The molecule has 22 heavy (non-hydrogen) atoms. The second kappa shape index (κ2) is 6.22. The van der Waals surface area contributed by atoms with Crippen molar-refractivity contribution in [3.63, 3.8) is 0 Å². The average molecular weight is 299 g/mol. The normalized spacial score (nSPS) is 18.4. The topological polar surface area (TPSA) is 68.5 Å². The highest BCUT2D eigenvalue weighted by molar-refractivity contribution is 6.00. The molecule has 0 saturated carbocycles. The SMILES string of the molecule is CCOC(=O)C1CCCCN1c1nccc2c(N)cccc12. The minimum Gasteiger partial charge on any atom is -0.464 e. The lowest BCUT2D eigenvalue weighted by Crippen LogP contribution is -2.46. The standard InChI is InChI=1S/C17H21N3O2/c1-2-22-17(21)15-8-3-4-11-20(15)16-13-6-5-7-14(18)12(13)9-10-19-16/h5-7,9-10,15H,2-4,8,11,18H2,1H3. The van der Waals surface area contributed by atoms with Crippen molar-refractivity contribution in [3.8, 4) is 0 Å². The van der Waals surface area contributed by atoms with Gasteiger partial charge in [-0.15, -0.1) is 0 Å². The first kappa shape index (κ1) is 14.6. The predicted molar refractivity (Wildman–Crippen MR) is 87.8 cm³/mol. The van der Waals surface area contributed by atoms with Gasteiger partial charge < -0.3 is 15.4 Å². The Bertz CT molecular complexity index is 687. The number of piperidine rings is 1. The molecule has 0 aliphatic carbocycles. The van der Waals surface area contributed by atoms with Crippen LogP contribution in [0.3, 0.4) is 0 Å². The van der Waals surface area contributed by atoms with E-state index in [1.807, 2.05) is 31.2 Å². The molecule has 1 aromatic heterocycles. The van der Waals surface area contributed by atoms with E-state index in [-0.39, 0.29) is 12.0 Å². The maximum absolute atomic E-state index is 12.3. The fourth-order valence-electron chi connectivity index (χ4n) is 3.11. The number of nitrogens with zero attached hydrogens (tertiary/aromatic N) is 2. The number of nitrogen functional groups attached to an aromatic ring is 1. The Morgan fingerprint density at radius 1 is 1.36 bits per heavy atom. The molecule has 1 atom stereocenters. The van der Waals surface area contributed by atoms with Gasteiger partial charge in [0.15, 0.2) is 0 Å². The van der Waals surface area contributed by atoms with Crippen LogP contribution in [-0.2, 0) is 9.53 Å². The number of esters is 1. The lowest BCUT2D eigenvalue weighted by atomic mass is 10.0. The van der Waals surface area contributed by atoms with Crippen molar-refractivity contribution in [3.05, 3.63) is 30.5 Å². The van der Waals surface area contributed by atoms with E-state index < -0.39 is 0 Å². The van der Waals surface area contributed by atoms with Gasteiger partial charge in [0.1, 0.15) is 11.9 Å². The molecule has 0 radical (unpaired) electrons. The number of rotatable bonds is 3. The van der Waals surface area contributed by atoms with Crippen molar-refractivity contribution in [1.29, 1.82) is 0 Å². The number of carbonyl (C=O) groups excluding carboxylic acids is 1. The van der Waals surface area contributed by atoms with Gasteiger partial charge in [0.25, 0.3) is 0 Å². The second-order valence-corrected chi connectivity index (χ2v) is 5.53. The number of nitrogens with two attached hydrogens (primary N) is 1. The Labute approximate surface area is 130 Å². The van der Waals surface area contributed by atoms with Gasteiger partial charge in [-0.1, -0.05) is 12.1 Å². The summed E-state index contributed by atoms with van der Waals surface area (Å²) in [7, 11) is 0. The summed E-state index contributed by atoms with van der Waals surface area (Å²) < 4.78 is 5.24. The predicted octanol–water partition coefficient (Wildman–Crippen LogP) is 2.74. The number of pyridine rings is 1.